The van der Waals surface area contributed by atoms with Crippen LogP contribution in [0.2, 0.25) is 0 Å². The van der Waals surface area contributed by atoms with Gasteiger partial charge in [0.1, 0.15) is 12.3 Å². The van der Waals surface area contributed by atoms with Crippen molar-refractivity contribution in [2.45, 2.75) is 12.5 Å². The van der Waals surface area contributed by atoms with Crippen molar-refractivity contribution >= 4 is 5.91 Å². The van der Waals surface area contributed by atoms with E-state index in [1.54, 1.807) is 12.1 Å². The number of carbonyl (C=O) groups excluding carboxylic acids is 1. The van der Waals surface area contributed by atoms with Gasteiger partial charge >= 0.3 is 0 Å². The van der Waals surface area contributed by atoms with Crippen LogP contribution in [0.15, 0.2) is 18.3 Å². The fourth-order valence-corrected chi connectivity index (χ4v) is 1.65. The minimum absolute atomic E-state index is 0.0770. The molecule has 0 saturated carbocycles. The molecule has 94 valence electrons. The smallest absolute Gasteiger partial charge is 0.270 e. The molecular formula is C13H14N2O3. The minimum atomic E-state index is -0.202. The molecule has 1 aromatic heterocycles. The molecule has 18 heavy (non-hydrogen) atoms. The number of nitrogens with zero attached hydrogens (tertiary/aromatic N) is 1. The summed E-state index contributed by atoms with van der Waals surface area (Å²) in [6, 6.07) is 3.40. The second-order valence-electron chi connectivity index (χ2n) is 3.93. The average Bonchev–Trinajstić information content (AvgIpc) is 2.89. The third-order valence-corrected chi connectivity index (χ3v) is 2.57. The Kier molecular flexibility index (Phi) is 4.29. The van der Waals surface area contributed by atoms with Gasteiger partial charge in [-0.3, -0.25) is 4.79 Å². The van der Waals surface area contributed by atoms with Crippen LogP contribution in [0.25, 0.3) is 0 Å². The fourth-order valence-electron chi connectivity index (χ4n) is 1.65. The Bertz CT molecular complexity index is 467. The van der Waals surface area contributed by atoms with Crippen molar-refractivity contribution in [3.63, 3.8) is 0 Å². The van der Waals surface area contributed by atoms with Gasteiger partial charge in [-0.1, -0.05) is 11.8 Å². The van der Waals surface area contributed by atoms with E-state index in [2.05, 4.69) is 22.1 Å². The Hall–Kier alpha value is -1.90. The molecule has 0 aromatic carbocycles. The lowest BCUT2D eigenvalue weighted by Crippen LogP contribution is -2.35. The molecule has 0 spiro atoms. The van der Waals surface area contributed by atoms with Crippen molar-refractivity contribution in [3.8, 4) is 11.8 Å². The lowest BCUT2D eigenvalue weighted by molar-refractivity contribution is 0.0925. The van der Waals surface area contributed by atoms with Gasteiger partial charge < -0.3 is 15.2 Å². The quantitative estimate of drug-likeness (QED) is 0.717. The molecule has 1 aromatic rings. The van der Waals surface area contributed by atoms with Gasteiger partial charge in [0.05, 0.1) is 12.6 Å². The number of aliphatic hydroxyl groups excluding tert-OH is 1. The number of nitrogens with one attached hydrogen (secondary N) is 1. The van der Waals surface area contributed by atoms with Crippen molar-refractivity contribution in [2.24, 2.45) is 0 Å². The number of aromatic nitrogens is 1. The highest BCUT2D eigenvalue weighted by atomic mass is 16.5. The van der Waals surface area contributed by atoms with E-state index < -0.39 is 0 Å². The maximum atomic E-state index is 11.8. The third kappa shape index (κ3) is 3.29. The summed E-state index contributed by atoms with van der Waals surface area (Å²) in [7, 11) is 0. The van der Waals surface area contributed by atoms with Crippen LogP contribution in [0.5, 0.6) is 0 Å². The predicted molar refractivity (Wildman–Crippen MR) is 64.9 cm³/mol. The number of carbonyl (C=O) groups is 1. The number of aliphatic hydroxyl groups is 1. The number of amides is 1. The predicted octanol–water partition coefficient (Wildman–Crippen LogP) is -0.0559. The standard InChI is InChI=1S/C13H14N2O3/c16-6-1-2-10-3-4-12(14-8-10)13(17)15-11-5-7-18-9-11/h3-4,8,11,16H,5-7,9H2,(H,15,17). The summed E-state index contributed by atoms with van der Waals surface area (Å²) in [5, 5.41) is 11.4. The van der Waals surface area contributed by atoms with E-state index in [0.29, 0.717) is 24.5 Å². The zero-order valence-electron chi connectivity index (χ0n) is 9.85. The van der Waals surface area contributed by atoms with Gasteiger partial charge in [0, 0.05) is 18.4 Å². The monoisotopic (exact) mass is 246 g/mol. The van der Waals surface area contributed by atoms with E-state index in [0.717, 1.165) is 6.42 Å². The number of rotatable bonds is 2. The van der Waals surface area contributed by atoms with E-state index in [4.69, 9.17) is 9.84 Å². The lowest BCUT2D eigenvalue weighted by Gasteiger charge is -2.09. The molecule has 1 aliphatic heterocycles. The molecule has 5 heteroatoms. The van der Waals surface area contributed by atoms with Crippen LogP contribution in [-0.2, 0) is 4.74 Å². The first-order valence-corrected chi connectivity index (χ1v) is 5.74. The van der Waals surface area contributed by atoms with Gasteiger partial charge in [-0.25, -0.2) is 4.98 Å². The van der Waals surface area contributed by atoms with Gasteiger partial charge in [-0.05, 0) is 18.6 Å². The Labute approximate surface area is 105 Å². The Morgan fingerprint density at radius 2 is 2.50 bits per heavy atom. The fraction of sp³-hybridized carbons (Fsp3) is 0.385. The van der Waals surface area contributed by atoms with Gasteiger partial charge in [0.2, 0.25) is 0 Å². The lowest BCUT2D eigenvalue weighted by atomic mass is 10.2. The second kappa shape index (κ2) is 6.15. The molecule has 0 bridgehead atoms. The van der Waals surface area contributed by atoms with E-state index in [1.165, 1.54) is 6.20 Å². The molecule has 2 rings (SSSR count). The highest BCUT2D eigenvalue weighted by molar-refractivity contribution is 5.92. The van der Waals surface area contributed by atoms with Crippen LogP contribution in [0.1, 0.15) is 22.5 Å². The highest BCUT2D eigenvalue weighted by Crippen LogP contribution is 2.05. The van der Waals surface area contributed by atoms with Crippen molar-refractivity contribution < 1.29 is 14.6 Å². The molecule has 1 aliphatic rings. The van der Waals surface area contributed by atoms with E-state index >= 15 is 0 Å². The summed E-state index contributed by atoms with van der Waals surface area (Å²) in [4.78, 5) is 15.9. The molecule has 1 unspecified atom stereocenters. The first kappa shape index (κ1) is 12.6. The summed E-state index contributed by atoms with van der Waals surface area (Å²) in [5.41, 5.74) is 1.03. The number of ether oxygens (including phenoxy) is 1. The van der Waals surface area contributed by atoms with Crippen molar-refractivity contribution in [3.05, 3.63) is 29.6 Å². The summed E-state index contributed by atoms with van der Waals surface area (Å²) < 4.78 is 5.18. The first-order chi connectivity index (χ1) is 8.79. The van der Waals surface area contributed by atoms with Crippen molar-refractivity contribution in [1.29, 1.82) is 0 Å². The van der Waals surface area contributed by atoms with E-state index in [1.807, 2.05) is 0 Å². The molecule has 1 fully saturated rings. The van der Waals surface area contributed by atoms with Crippen LogP contribution in [0.3, 0.4) is 0 Å². The zero-order chi connectivity index (χ0) is 12.8. The third-order valence-electron chi connectivity index (χ3n) is 2.57. The zero-order valence-corrected chi connectivity index (χ0v) is 9.85. The Balaban J connectivity index is 1.97. The molecule has 1 atom stereocenters. The summed E-state index contributed by atoms with van der Waals surface area (Å²) in [5.74, 6) is 5.04. The van der Waals surface area contributed by atoms with Crippen molar-refractivity contribution in [2.75, 3.05) is 19.8 Å². The molecule has 5 nitrogen and oxygen atoms in total. The van der Waals surface area contributed by atoms with Crippen LogP contribution >= 0.6 is 0 Å². The van der Waals surface area contributed by atoms with Crippen LogP contribution in [-0.4, -0.2) is 41.9 Å². The average molecular weight is 246 g/mol. The molecule has 2 heterocycles. The summed E-state index contributed by atoms with van der Waals surface area (Å²) in [6.45, 7) is 1.06. The summed E-state index contributed by atoms with van der Waals surface area (Å²) >= 11 is 0. The molecule has 2 N–H and O–H groups in total. The van der Waals surface area contributed by atoms with Gasteiger partial charge in [0.25, 0.3) is 5.91 Å². The maximum Gasteiger partial charge on any atom is 0.270 e. The first-order valence-electron chi connectivity index (χ1n) is 5.74. The van der Waals surface area contributed by atoms with Crippen molar-refractivity contribution in [1.82, 2.24) is 10.3 Å². The Morgan fingerprint density at radius 3 is 3.11 bits per heavy atom. The molecule has 1 amide bonds. The highest BCUT2D eigenvalue weighted by Gasteiger charge is 2.18. The van der Waals surface area contributed by atoms with Crippen LogP contribution in [0.4, 0.5) is 0 Å². The Morgan fingerprint density at radius 1 is 1.61 bits per heavy atom. The van der Waals surface area contributed by atoms with Gasteiger partial charge in [-0.15, -0.1) is 0 Å². The topological polar surface area (TPSA) is 71.5 Å². The largest absolute Gasteiger partial charge is 0.384 e. The number of hydrogen-bond donors (Lipinski definition) is 2. The normalized spacial score (nSPS) is 17.9. The van der Waals surface area contributed by atoms with E-state index in [-0.39, 0.29) is 18.6 Å². The molecule has 0 radical (unpaired) electrons. The van der Waals surface area contributed by atoms with Crippen LogP contribution in [0, 0.1) is 11.8 Å². The second-order valence-corrected chi connectivity index (χ2v) is 3.93. The molecular weight excluding hydrogens is 232 g/mol. The van der Waals surface area contributed by atoms with E-state index in [9.17, 15) is 4.79 Å². The van der Waals surface area contributed by atoms with Gasteiger partial charge in [-0.2, -0.15) is 0 Å². The number of hydrogen-bond acceptors (Lipinski definition) is 4. The number of pyridine rings is 1. The maximum absolute atomic E-state index is 11.8. The van der Waals surface area contributed by atoms with Gasteiger partial charge in [0.15, 0.2) is 0 Å². The van der Waals surface area contributed by atoms with Crippen LogP contribution < -0.4 is 5.32 Å². The molecule has 1 saturated heterocycles. The SMILES string of the molecule is O=C(NC1CCOC1)c1ccc(C#CCO)cn1. The molecule has 0 aliphatic carbocycles. The summed E-state index contributed by atoms with van der Waals surface area (Å²) in [6.07, 6.45) is 2.36. The minimum Gasteiger partial charge on any atom is -0.384 e.